The fourth-order valence-electron chi connectivity index (χ4n) is 3.15. The highest BCUT2D eigenvalue weighted by Gasteiger charge is 2.14. The fraction of sp³-hybridized carbons (Fsp3) is 0.471. The summed E-state index contributed by atoms with van der Waals surface area (Å²) >= 11 is 0. The molecule has 0 aliphatic rings. The summed E-state index contributed by atoms with van der Waals surface area (Å²) < 4.78 is 2.48. The minimum absolute atomic E-state index is 0.609. The number of rotatable bonds is 6. The van der Waals surface area contributed by atoms with E-state index in [2.05, 4.69) is 46.7 Å². The number of aromatic amines is 1. The molecule has 1 atom stereocenters. The number of pyridine rings is 1. The highest BCUT2D eigenvalue weighted by atomic mass is 15.0. The third kappa shape index (κ3) is 2.21. The molecule has 20 heavy (non-hydrogen) atoms. The summed E-state index contributed by atoms with van der Waals surface area (Å²) in [7, 11) is 0. The van der Waals surface area contributed by atoms with E-state index in [0.717, 1.165) is 5.65 Å². The van der Waals surface area contributed by atoms with Crippen LogP contribution in [0.5, 0.6) is 0 Å². The summed E-state index contributed by atoms with van der Waals surface area (Å²) in [5, 5.41) is 2.49. The second-order valence-electron chi connectivity index (χ2n) is 5.61. The van der Waals surface area contributed by atoms with Gasteiger partial charge >= 0.3 is 0 Å². The molecule has 3 aromatic heterocycles. The third-order valence-electron chi connectivity index (χ3n) is 4.17. The van der Waals surface area contributed by atoms with Gasteiger partial charge in [0.05, 0.1) is 5.52 Å². The van der Waals surface area contributed by atoms with Gasteiger partial charge in [0, 0.05) is 35.4 Å². The quantitative estimate of drug-likeness (QED) is 0.667. The van der Waals surface area contributed by atoms with E-state index < -0.39 is 0 Å². The molecule has 106 valence electrons. The van der Waals surface area contributed by atoms with Crippen molar-refractivity contribution in [3.8, 4) is 0 Å². The average Bonchev–Trinajstić information content (AvgIpc) is 3.08. The predicted octanol–water partition coefficient (Wildman–Crippen LogP) is 5.05. The Morgan fingerprint density at radius 2 is 2.10 bits per heavy atom. The van der Waals surface area contributed by atoms with Crippen molar-refractivity contribution in [1.82, 2.24) is 14.5 Å². The van der Waals surface area contributed by atoms with E-state index in [1.807, 2.05) is 12.4 Å². The topological polar surface area (TPSA) is 33.6 Å². The zero-order chi connectivity index (χ0) is 13.9. The van der Waals surface area contributed by atoms with Crippen LogP contribution < -0.4 is 0 Å². The van der Waals surface area contributed by atoms with E-state index >= 15 is 0 Å². The second kappa shape index (κ2) is 5.70. The maximum atomic E-state index is 4.48. The van der Waals surface area contributed by atoms with E-state index in [4.69, 9.17) is 0 Å². The Bertz CT molecular complexity index is 692. The molecular weight excluding hydrogens is 246 g/mol. The van der Waals surface area contributed by atoms with Crippen LogP contribution >= 0.6 is 0 Å². The molecular formula is C17H23N3. The van der Waals surface area contributed by atoms with Crippen molar-refractivity contribution in [2.75, 3.05) is 0 Å². The molecule has 0 saturated heterocycles. The van der Waals surface area contributed by atoms with E-state index in [9.17, 15) is 0 Å². The molecule has 0 aliphatic carbocycles. The molecule has 0 aromatic carbocycles. The minimum atomic E-state index is 0.609. The van der Waals surface area contributed by atoms with Crippen LogP contribution in [-0.4, -0.2) is 14.5 Å². The van der Waals surface area contributed by atoms with E-state index in [0.29, 0.717) is 6.04 Å². The van der Waals surface area contributed by atoms with Crippen LogP contribution in [0.1, 0.15) is 52.0 Å². The number of nitrogens with zero attached hydrogens (tertiary/aromatic N) is 2. The molecule has 3 aromatic rings. The first-order valence-electron chi connectivity index (χ1n) is 7.77. The molecule has 3 rings (SSSR count). The lowest BCUT2D eigenvalue weighted by atomic mass is 10.0. The van der Waals surface area contributed by atoms with Crippen LogP contribution in [-0.2, 0) is 0 Å². The molecule has 0 radical (unpaired) electrons. The van der Waals surface area contributed by atoms with Crippen molar-refractivity contribution < 1.29 is 0 Å². The van der Waals surface area contributed by atoms with Crippen LogP contribution in [0.15, 0.2) is 30.7 Å². The highest BCUT2D eigenvalue weighted by Crippen LogP contribution is 2.30. The highest BCUT2D eigenvalue weighted by molar-refractivity contribution is 6.02. The normalized spacial score (nSPS) is 13.3. The number of unbranched alkanes of at least 4 members (excludes halogenated alkanes) is 1. The number of H-pyrrole nitrogens is 1. The summed E-state index contributed by atoms with van der Waals surface area (Å²) in [5.74, 6) is 0. The SMILES string of the molecule is CCCCC(CCC)n1ccc2cnc3[nH]ccc3c21. The maximum Gasteiger partial charge on any atom is 0.139 e. The second-order valence-corrected chi connectivity index (χ2v) is 5.61. The summed E-state index contributed by atoms with van der Waals surface area (Å²) in [6, 6.07) is 4.95. The first kappa shape index (κ1) is 13.2. The summed E-state index contributed by atoms with van der Waals surface area (Å²) in [4.78, 5) is 7.70. The van der Waals surface area contributed by atoms with Gasteiger partial charge in [-0.15, -0.1) is 0 Å². The van der Waals surface area contributed by atoms with E-state index in [-0.39, 0.29) is 0 Å². The van der Waals surface area contributed by atoms with Gasteiger partial charge in [-0.3, -0.25) is 0 Å². The molecule has 0 fully saturated rings. The van der Waals surface area contributed by atoms with Gasteiger partial charge in [0.25, 0.3) is 0 Å². The standard InChI is InChI=1S/C17H23N3/c1-3-5-7-14(6-4-2)20-11-9-13-12-19-17-15(16(13)20)8-10-18-17/h8-12,14H,3-7H2,1-2H3,(H,18,19). The fourth-order valence-corrected chi connectivity index (χ4v) is 3.15. The summed E-state index contributed by atoms with van der Waals surface area (Å²) in [5.41, 5.74) is 2.33. The molecule has 3 heterocycles. The lowest BCUT2D eigenvalue weighted by molar-refractivity contribution is 0.428. The van der Waals surface area contributed by atoms with Crippen molar-refractivity contribution in [1.29, 1.82) is 0 Å². The molecule has 0 aliphatic heterocycles. The first-order chi connectivity index (χ1) is 9.85. The molecule has 0 saturated carbocycles. The number of aromatic nitrogens is 3. The van der Waals surface area contributed by atoms with Gasteiger partial charge < -0.3 is 9.55 Å². The van der Waals surface area contributed by atoms with Crippen molar-refractivity contribution in [2.24, 2.45) is 0 Å². The number of fused-ring (bicyclic) bond motifs is 3. The Balaban J connectivity index is 2.10. The van der Waals surface area contributed by atoms with Gasteiger partial charge in [-0.2, -0.15) is 0 Å². The lowest BCUT2D eigenvalue weighted by Gasteiger charge is -2.19. The van der Waals surface area contributed by atoms with E-state index in [1.54, 1.807) is 0 Å². The van der Waals surface area contributed by atoms with E-state index in [1.165, 1.54) is 48.4 Å². The molecule has 0 spiro atoms. The molecule has 0 bridgehead atoms. The van der Waals surface area contributed by atoms with Gasteiger partial charge in [0.15, 0.2) is 0 Å². The minimum Gasteiger partial charge on any atom is -0.346 e. The van der Waals surface area contributed by atoms with Gasteiger partial charge in [-0.1, -0.05) is 33.1 Å². The number of hydrogen-bond donors (Lipinski definition) is 1. The summed E-state index contributed by atoms with van der Waals surface area (Å²) in [6.45, 7) is 4.54. The van der Waals surface area contributed by atoms with Crippen molar-refractivity contribution in [2.45, 2.75) is 52.0 Å². The lowest BCUT2D eigenvalue weighted by Crippen LogP contribution is -2.08. The van der Waals surface area contributed by atoms with Gasteiger partial charge in [-0.05, 0) is 25.0 Å². The Morgan fingerprint density at radius 1 is 1.20 bits per heavy atom. The maximum absolute atomic E-state index is 4.48. The Labute approximate surface area is 120 Å². The molecule has 0 amide bonds. The van der Waals surface area contributed by atoms with Gasteiger partial charge in [-0.25, -0.2) is 4.98 Å². The average molecular weight is 269 g/mol. The van der Waals surface area contributed by atoms with Crippen LogP contribution in [0.25, 0.3) is 21.9 Å². The van der Waals surface area contributed by atoms with Crippen LogP contribution in [0, 0.1) is 0 Å². The third-order valence-corrected chi connectivity index (χ3v) is 4.17. The monoisotopic (exact) mass is 269 g/mol. The molecule has 1 N–H and O–H groups in total. The number of hydrogen-bond acceptors (Lipinski definition) is 1. The smallest absolute Gasteiger partial charge is 0.139 e. The van der Waals surface area contributed by atoms with Gasteiger partial charge in [0.1, 0.15) is 5.65 Å². The first-order valence-corrected chi connectivity index (χ1v) is 7.77. The van der Waals surface area contributed by atoms with Crippen LogP contribution in [0.4, 0.5) is 0 Å². The zero-order valence-electron chi connectivity index (χ0n) is 12.4. The van der Waals surface area contributed by atoms with Crippen molar-refractivity contribution in [3.05, 3.63) is 30.7 Å². The van der Waals surface area contributed by atoms with Crippen molar-refractivity contribution >= 4 is 21.9 Å². The van der Waals surface area contributed by atoms with Gasteiger partial charge in [0.2, 0.25) is 0 Å². The van der Waals surface area contributed by atoms with Crippen LogP contribution in [0.3, 0.4) is 0 Å². The molecule has 3 nitrogen and oxygen atoms in total. The van der Waals surface area contributed by atoms with Crippen molar-refractivity contribution in [3.63, 3.8) is 0 Å². The molecule has 3 heteroatoms. The Kier molecular flexibility index (Phi) is 3.77. The Morgan fingerprint density at radius 3 is 2.90 bits per heavy atom. The van der Waals surface area contributed by atoms with Crippen LogP contribution in [0.2, 0.25) is 0 Å². The summed E-state index contributed by atoms with van der Waals surface area (Å²) in [6.07, 6.45) is 12.5. The zero-order valence-corrected chi connectivity index (χ0v) is 12.4. The number of nitrogens with one attached hydrogen (secondary N) is 1. The molecule has 1 unspecified atom stereocenters. The largest absolute Gasteiger partial charge is 0.346 e. The predicted molar refractivity (Wildman–Crippen MR) is 85.1 cm³/mol. The Hall–Kier alpha value is -1.77.